The quantitative estimate of drug-likeness (QED) is 0.601. The van der Waals surface area contributed by atoms with Gasteiger partial charge < -0.3 is 23.8 Å². The number of amides is 1. The van der Waals surface area contributed by atoms with Crippen molar-refractivity contribution in [3.05, 3.63) is 35.4 Å². The van der Waals surface area contributed by atoms with E-state index >= 15 is 0 Å². The van der Waals surface area contributed by atoms with Crippen LogP contribution in [-0.4, -0.2) is 62.5 Å². The van der Waals surface area contributed by atoms with Crippen LogP contribution in [-0.2, 0) is 20.8 Å². The largest absolute Gasteiger partial charge is 0.385 e. The van der Waals surface area contributed by atoms with Crippen molar-refractivity contribution in [2.45, 2.75) is 33.2 Å². The molecule has 0 unspecified atom stereocenters. The van der Waals surface area contributed by atoms with E-state index in [2.05, 4.69) is 29.1 Å². The molecule has 0 N–H and O–H groups in total. The van der Waals surface area contributed by atoms with Crippen molar-refractivity contribution >= 4 is 11.8 Å². The van der Waals surface area contributed by atoms with Crippen LogP contribution in [0.2, 0.25) is 0 Å². The summed E-state index contributed by atoms with van der Waals surface area (Å²) < 4.78 is 16.5. The fourth-order valence-electron chi connectivity index (χ4n) is 3.58. The van der Waals surface area contributed by atoms with Gasteiger partial charge in [0.2, 0.25) is 11.8 Å². The third kappa shape index (κ3) is 5.36. The fourth-order valence-corrected chi connectivity index (χ4v) is 3.58. The van der Waals surface area contributed by atoms with Gasteiger partial charge in [0.15, 0.2) is 0 Å². The molecule has 1 aromatic heterocycles. The van der Waals surface area contributed by atoms with Crippen molar-refractivity contribution in [3.63, 3.8) is 0 Å². The normalized spacial score (nSPS) is 14.2. The first-order valence-electron chi connectivity index (χ1n) is 10.3. The molecule has 0 atom stereocenters. The van der Waals surface area contributed by atoms with E-state index in [1.807, 2.05) is 24.0 Å². The highest BCUT2D eigenvalue weighted by Gasteiger charge is 2.26. The van der Waals surface area contributed by atoms with Crippen LogP contribution in [0.4, 0.5) is 5.88 Å². The van der Waals surface area contributed by atoms with Crippen molar-refractivity contribution in [2.24, 2.45) is 0 Å². The van der Waals surface area contributed by atoms with Gasteiger partial charge in [0.05, 0.1) is 25.3 Å². The molecule has 7 nitrogen and oxygen atoms in total. The molecule has 3 rings (SSSR count). The fraction of sp³-hybridized carbons (Fsp3) is 0.545. The Kier molecular flexibility index (Phi) is 7.66. The first-order chi connectivity index (χ1) is 14.1. The molecule has 1 fully saturated rings. The SMILES string of the molecule is CCC(=O)N(CCCOC)Cc1c(-c2cccc(C)c2)noc1N1CCOCC1. The minimum Gasteiger partial charge on any atom is -0.385 e. The number of carbonyl (C=O) groups is 1. The Morgan fingerprint density at radius 2 is 2.10 bits per heavy atom. The highest BCUT2D eigenvalue weighted by molar-refractivity contribution is 5.77. The Morgan fingerprint density at radius 1 is 1.31 bits per heavy atom. The Bertz CT molecular complexity index is 799. The number of methoxy groups -OCH3 is 1. The van der Waals surface area contributed by atoms with Gasteiger partial charge in [-0.05, 0) is 19.4 Å². The Balaban J connectivity index is 1.95. The molecule has 0 spiro atoms. The molecule has 0 radical (unpaired) electrons. The minimum atomic E-state index is 0.116. The third-order valence-electron chi connectivity index (χ3n) is 5.14. The summed E-state index contributed by atoms with van der Waals surface area (Å²) in [6.45, 7) is 8.50. The van der Waals surface area contributed by atoms with E-state index in [1.165, 1.54) is 0 Å². The number of aryl methyl sites for hydroxylation is 1. The lowest BCUT2D eigenvalue weighted by atomic mass is 10.0. The second-order valence-electron chi connectivity index (χ2n) is 7.30. The summed E-state index contributed by atoms with van der Waals surface area (Å²) in [6, 6.07) is 8.21. The van der Waals surface area contributed by atoms with Crippen molar-refractivity contribution in [1.29, 1.82) is 0 Å². The molecule has 1 aromatic carbocycles. The van der Waals surface area contributed by atoms with Crippen molar-refractivity contribution in [3.8, 4) is 11.3 Å². The number of rotatable bonds is 9. The molecule has 1 amide bonds. The van der Waals surface area contributed by atoms with Gasteiger partial charge in [0.25, 0.3) is 0 Å². The lowest BCUT2D eigenvalue weighted by molar-refractivity contribution is -0.131. The number of anilines is 1. The second kappa shape index (κ2) is 10.4. The number of hydrogen-bond donors (Lipinski definition) is 0. The van der Waals surface area contributed by atoms with Crippen molar-refractivity contribution in [1.82, 2.24) is 10.1 Å². The van der Waals surface area contributed by atoms with Crippen LogP contribution >= 0.6 is 0 Å². The molecule has 29 heavy (non-hydrogen) atoms. The van der Waals surface area contributed by atoms with Gasteiger partial charge in [-0.1, -0.05) is 35.8 Å². The van der Waals surface area contributed by atoms with Gasteiger partial charge in [-0.25, -0.2) is 0 Å². The highest BCUT2D eigenvalue weighted by atomic mass is 16.5. The first-order valence-corrected chi connectivity index (χ1v) is 10.3. The monoisotopic (exact) mass is 401 g/mol. The van der Waals surface area contributed by atoms with Crippen LogP contribution in [0.15, 0.2) is 28.8 Å². The molecule has 1 aliphatic rings. The van der Waals surface area contributed by atoms with Crippen molar-refractivity contribution < 1.29 is 18.8 Å². The smallest absolute Gasteiger partial charge is 0.233 e. The van der Waals surface area contributed by atoms with Crippen LogP contribution < -0.4 is 4.90 Å². The Hall–Kier alpha value is -2.38. The van der Waals surface area contributed by atoms with Gasteiger partial charge in [-0.3, -0.25) is 4.79 Å². The maximum atomic E-state index is 12.6. The molecule has 0 bridgehead atoms. The number of nitrogens with zero attached hydrogens (tertiary/aromatic N) is 3. The summed E-state index contributed by atoms with van der Waals surface area (Å²) in [4.78, 5) is 16.7. The summed E-state index contributed by atoms with van der Waals surface area (Å²) >= 11 is 0. The molecular weight excluding hydrogens is 370 g/mol. The summed E-state index contributed by atoms with van der Waals surface area (Å²) in [6.07, 6.45) is 1.26. The van der Waals surface area contributed by atoms with E-state index in [-0.39, 0.29) is 5.91 Å². The zero-order valence-corrected chi connectivity index (χ0v) is 17.6. The number of hydrogen-bond acceptors (Lipinski definition) is 6. The summed E-state index contributed by atoms with van der Waals surface area (Å²) in [5.41, 5.74) is 3.92. The van der Waals surface area contributed by atoms with Crippen LogP contribution in [0, 0.1) is 6.92 Å². The van der Waals surface area contributed by atoms with Gasteiger partial charge in [0, 0.05) is 45.3 Å². The molecule has 158 valence electrons. The van der Waals surface area contributed by atoms with E-state index in [0.29, 0.717) is 39.3 Å². The van der Waals surface area contributed by atoms with E-state index < -0.39 is 0 Å². The summed E-state index contributed by atoms with van der Waals surface area (Å²) in [5.74, 6) is 0.857. The lowest BCUT2D eigenvalue weighted by Crippen LogP contribution is -2.37. The van der Waals surface area contributed by atoms with E-state index in [4.69, 9.17) is 14.0 Å². The van der Waals surface area contributed by atoms with Crippen LogP contribution in [0.3, 0.4) is 0 Å². The van der Waals surface area contributed by atoms with Gasteiger partial charge in [0.1, 0.15) is 5.69 Å². The number of ether oxygens (including phenoxy) is 2. The Labute approximate surface area is 172 Å². The number of aromatic nitrogens is 1. The lowest BCUT2D eigenvalue weighted by Gasteiger charge is -2.28. The summed E-state index contributed by atoms with van der Waals surface area (Å²) in [5, 5.41) is 4.42. The van der Waals surface area contributed by atoms with Crippen LogP contribution in [0.5, 0.6) is 0 Å². The number of carbonyl (C=O) groups excluding carboxylic acids is 1. The maximum Gasteiger partial charge on any atom is 0.233 e. The molecule has 0 aliphatic carbocycles. The Morgan fingerprint density at radius 3 is 2.79 bits per heavy atom. The molecule has 0 saturated carbocycles. The van der Waals surface area contributed by atoms with Crippen LogP contribution in [0.1, 0.15) is 30.9 Å². The predicted molar refractivity (Wildman–Crippen MR) is 112 cm³/mol. The predicted octanol–water partition coefficient (Wildman–Crippen LogP) is 3.26. The standard InChI is InChI=1S/C22H31N3O4/c1-4-20(26)25(9-6-12-27-3)16-19-21(18-8-5-7-17(2)15-18)23-29-22(19)24-10-13-28-14-11-24/h5,7-8,15H,4,6,9-14,16H2,1-3H3. The van der Waals surface area contributed by atoms with Crippen molar-refractivity contribution in [2.75, 3.05) is 51.5 Å². The first kappa shape index (κ1) is 21.3. The molecule has 1 aliphatic heterocycles. The molecule has 7 heteroatoms. The number of benzene rings is 1. The molecular formula is C22H31N3O4. The minimum absolute atomic E-state index is 0.116. The van der Waals surface area contributed by atoms with E-state index in [1.54, 1.807) is 7.11 Å². The number of morpholine rings is 1. The molecule has 1 saturated heterocycles. The third-order valence-corrected chi connectivity index (χ3v) is 5.14. The molecule has 2 heterocycles. The van der Waals surface area contributed by atoms with Gasteiger partial charge >= 0.3 is 0 Å². The topological polar surface area (TPSA) is 68.0 Å². The van der Waals surface area contributed by atoms with Gasteiger partial charge in [-0.2, -0.15) is 0 Å². The van der Waals surface area contributed by atoms with E-state index in [0.717, 1.165) is 47.8 Å². The van der Waals surface area contributed by atoms with Crippen LogP contribution in [0.25, 0.3) is 11.3 Å². The van der Waals surface area contributed by atoms with E-state index in [9.17, 15) is 4.79 Å². The average Bonchev–Trinajstić information content (AvgIpc) is 3.16. The average molecular weight is 402 g/mol. The zero-order valence-electron chi connectivity index (χ0n) is 17.6. The maximum absolute atomic E-state index is 12.6. The second-order valence-corrected chi connectivity index (χ2v) is 7.30. The highest BCUT2D eigenvalue weighted by Crippen LogP contribution is 2.33. The van der Waals surface area contributed by atoms with Gasteiger partial charge in [-0.15, -0.1) is 0 Å². The molecule has 2 aromatic rings. The summed E-state index contributed by atoms with van der Waals surface area (Å²) in [7, 11) is 1.68. The zero-order chi connectivity index (χ0) is 20.6.